The second-order valence-corrected chi connectivity index (χ2v) is 17.1. The van der Waals surface area contributed by atoms with E-state index in [1.807, 2.05) is 57.7 Å². The average molecular weight is 853 g/mol. The minimum absolute atomic E-state index is 0.00965. The van der Waals surface area contributed by atoms with Gasteiger partial charge in [-0.2, -0.15) is 0 Å². The van der Waals surface area contributed by atoms with Crippen molar-refractivity contribution in [3.63, 3.8) is 0 Å². The number of nitrogens with zero attached hydrogens (tertiary/aromatic N) is 6. The Balaban J connectivity index is 0.000000162. The number of H-pyrrole nitrogens is 2. The van der Waals surface area contributed by atoms with Gasteiger partial charge in [0.2, 0.25) is 0 Å². The lowest BCUT2D eigenvalue weighted by molar-refractivity contribution is 0.108. The first kappa shape index (κ1) is 43.0. The maximum atomic E-state index is 12.3. The highest BCUT2D eigenvalue weighted by Gasteiger charge is 2.27. The summed E-state index contributed by atoms with van der Waals surface area (Å²) in [6.45, 7) is 11.9. The molecule has 10 nitrogen and oxygen atoms in total. The zero-order valence-electron chi connectivity index (χ0n) is 36.7. The molecule has 0 saturated carbocycles. The largest absolute Gasteiger partial charge is 0.326 e. The van der Waals surface area contributed by atoms with Crippen LogP contribution in [0.3, 0.4) is 0 Å². The van der Waals surface area contributed by atoms with Crippen LogP contribution >= 0.6 is 0 Å². The van der Waals surface area contributed by atoms with Crippen molar-refractivity contribution in [3.8, 4) is 0 Å². The number of piperazine rings is 2. The molecule has 10 rings (SSSR count). The molecule has 328 valence electrons. The summed E-state index contributed by atoms with van der Waals surface area (Å²) in [5.74, 6) is 0. The standard InChI is InChI=1S/2C27H30N4O/c2*32-27-28-24-14-7-8-15-25(24)31(27)17-9-16-29-18-20-30(21-19-29)26(22-10-3-1-4-11-22)23-12-5-2-6-13-23/h2*1-8,10-15,26H,9,16-21H2,(H,28,32). The number of imidazole rings is 2. The first-order valence-electron chi connectivity index (χ1n) is 23.1. The van der Waals surface area contributed by atoms with Crippen molar-refractivity contribution in [2.24, 2.45) is 0 Å². The number of benzene rings is 6. The maximum absolute atomic E-state index is 12.3. The molecule has 0 aliphatic carbocycles. The van der Waals surface area contributed by atoms with Gasteiger partial charge in [0.15, 0.2) is 0 Å². The number of rotatable bonds is 14. The van der Waals surface area contributed by atoms with Gasteiger partial charge in [0.05, 0.1) is 34.2 Å². The molecule has 2 fully saturated rings. The first-order valence-corrected chi connectivity index (χ1v) is 23.1. The summed E-state index contributed by atoms with van der Waals surface area (Å²) in [7, 11) is 0. The van der Waals surface area contributed by atoms with E-state index in [4.69, 9.17) is 0 Å². The number of hydrogen-bond donors (Lipinski definition) is 2. The third kappa shape index (κ3) is 10.2. The predicted octanol–water partition coefficient (Wildman–Crippen LogP) is 8.25. The molecule has 0 spiro atoms. The Bertz CT molecular complexity index is 2500. The molecule has 0 radical (unpaired) electrons. The van der Waals surface area contributed by atoms with Gasteiger partial charge >= 0.3 is 11.4 Å². The second-order valence-electron chi connectivity index (χ2n) is 17.1. The number of fused-ring (bicyclic) bond motifs is 2. The molecule has 4 heterocycles. The molecule has 2 saturated heterocycles. The van der Waals surface area contributed by atoms with Crippen molar-refractivity contribution in [3.05, 3.63) is 213 Å². The van der Waals surface area contributed by atoms with Crippen LogP contribution in [-0.4, -0.2) is 104 Å². The van der Waals surface area contributed by atoms with Crippen molar-refractivity contribution in [1.82, 2.24) is 38.7 Å². The van der Waals surface area contributed by atoms with Gasteiger partial charge in [0.1, 0.15) is 0 Å². The average Bonchev–Trinajstić information content (AvgIpc) is 3.85. The van der Waals surface area contributed by atoms with Crippen LogP contribution < -0.4 is 11.4 Å². The van der Waals surface area contributed by atoms with E-state index in [9.17, 15) is 9.59 Å². The smallest absolute Gasteiger partial charge is 0.306 e. The molecular weight excluding hydrogens is 793 g/mol. The minimum atomic E-state index is -0.00965. The lowest BCUT2D eigenvalue weighted by Gasteiger charge is -2.39. The molecule has 10 heteroatoms. The highest BCUT2D eigenvalue weighted by molar-refractivity contribution is 5.75. The molecule has 0 bridgehead atoms. The third-order valence-corrected chi connectivity index (χ3v) is 13.1. The summed E-state index contributed by atoms with van der Waals surface area (Å²) in [6, 6.07) is 59.8. The Morgan fingerprint density at radius 3 is 0.984 bits per heavy atom. The van der Waals surface area contributed by atoms with Crippen LogP contribution in [0.1, 0.15) is 47.2 Å². The summed E-state index contributed by atoms with van der Waals surface area (Å²) in [5, 5.41) is 0. The van der Waals surface area contributed by atoms with Gasteiger partial charge in [-0.3, -0.25) is 18.9 Å². The Morgan fingerprint density at radius 1 is 0.359 bits per heavy atom. The van der Waals surface area contributed by atoms with E-state index in [1.165, 1.54) is 22.3 Å². The lowest BCUT2D eigenvalue weighted by Crippen LogP contribution is -2.48. The predicted molar refractivity (Wildman–Crippen MR) is 260 cm³/mol. The normalized spacial score (nSPS) is 15.5. The van der Waals surface area contributed by atoms with Gasteiger partial charge in [-0.25, -0.2) is 9.59 Å². The summed E-state index contributed by atoms with van der Waals surface area (Å²) in [5.41, 5.74) is 9.22. The minimum Gasteiger partial charge on any atom is -0.306 e. The Morgan fingerprint density at radius 2 is 0.656 bits per heavy atom. The molecule has 0 atom stereocenters. The van der Waals surface area contributed by atoms with E-state index in [2.05, 4.69) is 151 Å². The lowest BCUT2D eigenvalue weighted by atomic mass is 9.96. The van der Waals surface area contributed by atoms with Gasteiger partial charge < -0.3 is 19.8 Å². The van der Waals surface area contributed by atoms with Crippen molar-refractivity contribution in [2.75, 3.05) is 65.4 Å². The molecule has 2 N–H and O–H groups in total. The molecule has 0 unspecified atom stereocenters. The number of aromatic amines is 2. The van der Waals surface area contributed by atoms with Crippen LogP contribution in [0.2, 0.25) is 0 Å². The maximum Gasteiger partial charge on any atom is 0.326 e. The molecular formula is C54H60N8O2. The van der Waals surface area contributed by atoms with E-state index in [0.29, 0.717) is 12.1 Å². The molecule has 6 aromatic carbocycles. The van der Waals surface area contributed by atoms with E-state index < -0.39 is 0 Å². The van der Waals surface area contributed by atoms with Crippen molar-refractivity contribution in [1.29, 1.82) is 0 Å². The van der Waals surface area contributed by atoms with Gasteiger partial charge in [-0.1, -0.05) is 146 Å². The molecule has 8 aromatic rings. The summed E-state index contributed by atoms with van der Waals surface area (Å²) in [4.78, 5) is 40.8. The summed E-state index contributed by atoms with van der Waals surface area (Å²) >= 11 is 0. The Kier molecular flexibility index (Phi) is 14.0. The highest BCUT2D eigenvalue weighted by atomic mass is 16.1. The first-order chi connectivity index (χ1) is 31.6. The second kappa shape index (κ2) is 20.9. The number of para-hydroxylation sites is 4. The van der Waals surface area contributed by atoms with Crippen LogP contribution in [0, 0.1) is 0 Å². The van der Waals surface area contributed by atoms with E-state index in [1.54, 1.807) is 0 Å². The molecule has 0 amide bonds. The number of hydrogen-bond acceptors (Lipinski definition) is 6. The van der Waals surface area contributed by atoms with Crippen LogP contribution in [0.5, 0.6) is 0 Å². The van der Waals surface area contributed by atoms with Crippen molar-refractivity contribution in [2.45, 2.75) is 38.0 Å². The molecule has 2 aliphatic rings. The Hall–Kier alpha value is -6.30. The van der Waals surface area contributed by atoms with Gasteiger partial charge in [-0.05, 0) is 72.5 Å². The topological polar surface area (TPSA) is 88.5 Å². The monoisotopic (exact) mass is 852 g/mol. The molecule has 2 aromatic heterocycles. The fourth-order valence-electron chi connectivity index (χ4n) is 9.82. The van der Waals surface area contributed by atoms with Gasteiger partial charge in [0, 0.05) is 65.4 Å². The van der Waals surface area contributed by atoms with Crippen LogP contribution in [0.15, 0.2) is 179 Å². The van der Waals surface area contributed by atoms with Gasteiger partial charge in [-0.15, -0.1) is 0 Å². The number of aromatic nitrogens is 4. The van der Waals surface area contributed by atoms with Crippen molar-refractivity contribution < 1.29 is 0 Å². The summed E-state index contributed by atoms with van der Waals surface area (Å²) < 4.78 is 3.73. The van der Waals surface area contributed by atoms with Crippen molar-refractivity contribution >= 4 is 22.1 Å². The van der Waals surface area contributed by atoms with Crippen LogP contribution in [0.4, 0.5) is 0 Å². The van der Waals surface area contributed by atoms with E-state index in [-0.39, 0.29) is 11.4 Å². The zero-order valence-corrected chi connectivity index (χ0v) is 36.7. The SMILES string of the molecule is O=c1[nH]c2ccccc2n1CCCN1CCN(C(c2ccccc2)c2ccccc2)CC1.O=c1[nH]c2ccccc2n1CCCN1CCN(C(c2ccccc2)c2ccccc2)CC1. The van der Waals surface area contributed by atoms with Gasteiger partial charge in [0.25, 0.3) is 0 Å². The van der Waals surface area contributed by atoms with E-state index in [0.717, 1.165) is 113 Å². The molecule has 64 heavy (non-hydrogen) atoms. The van der Waals surface area contributed by atoms with Crippen LogP contribution in [0.25, 0.3) is 22.1 Å². The number of aryl methyl sites for hydroxylation is 2. The molecule has 2 aliphatic heterocycles. The fraction of sp³-hybridized carbons (Fsp3) is 0.296. The van der Waals surface area contributed by atoms with E-state index >= 15 is 0 Å². The van der Waals surface area contributed by atoms with Crippen LogP contribution in [-0.2, 0) is 13.1 Å². The fourth-order valence-corrected chi connectivity index (χ4v) is 9.82. The summed E-state index contributed by atoms with van der Waals surface area (Å²) in [6.07, 6.45) is 1.95. The Labute approximate surface area is 376 Å². The quantitative estimate of drug-likeness (QED) is 0.115. The zero-order chi connectivity index (χ0) is 43.5. The third-order valence-electron chi connectivity index (χ3n) is 13.1. The number of nitrogens with one attached hydrogen (secondary N) is 2. The highest BCUT2D eigenvalue weighted by Crippen LogP contribution is 2.31.